The topological polar surface area (TPSA) is 85.3 Å². The average molecular weight is 376 g/mol. The van der Waals surface area contributed by atoms with E-state index in [0.717, 1.165) is 22.3 Å². The smallest absolute Gasteiger partial charge is 0.227 e. The van der Waals surface area contributed by atoms with Crippen molar-refractivity contribution in [1.29, 1.82) is 0 Å². The van der Waals surface area contributed by atoms with Crippen LogP contribution in [0.3, 0.4) is 0 Å². The molecule has 1 amide bonds. The van der Waals surface area contributed by atoms with Crippen molar-refractivity contribution < 1.29 is 13.7 Å². The quantitative estimate of drug-likeness (QED) is 0.505. The number of amides is 1. The Balaban J connectivity index is 1.38. The summed E-state index contributed by atoms with van der Waals surface area (Å²) in [6, 6.07) is 13.2. The Kier molecular flexibility index (Phi) is 4.89. The number of carbonyl (C=O) groups excluding carboxylic acids is 1. The van der Waals surface area contributed by atoms with Gasteiger partial charge in [-0.05, 0) is 31.2 Å². The molecule has 1 atom stereocenters. The van der Waals surface area contributed by atoms with Crippen molar-refractivity contribution in [3.8, 4) is 11.4 Å². The first kappa shape index (κ1) is 17.9. The summed E-state index contributed by atoms with van der Waals surface area (Å²) in [5.41, 5.74) is 1.65. The Bertz CT molecular complexity index is 1050. The van der Waals surface area contributed by atoms with Gasteiger partial charge in [0.2, 0.25) is 17.6 Å². The predicted molar refractivity (Wildman–Crippen MR) is 103 cm³/mol. The summed E-state index contributed by atoms with van der Waals surface area (Å²) >= 11 is 0. The van der Waals surface area contributed by atoms with E-state index in [1.54, 1.807) is 24.3 Å². The van der Waals surface area contributed by atoms with Crippen LogP contribution in [-0.2, 0) is 11.2 Å². The molecule has 3 aromatic heterocycles. The Morgan fingerprint density at radius 3 is 2.75 bits per heavy atom. The maximum atomic E-state index is 12.6. The van der Waals surface area contributed by atoms with Crippen LogP contribution in [0, 0.1) is 0 Å². The van der Waals surface area contributed by atoms with Gasteiger partial charge in [-0.3, -0.25) is 9.78 Å². The van der Waals surface area contributed by atoms with Crippen molar-refractivity contribution in [2.24, 2.45) is 0 Å². The van der Waals surface area contributed by atoms with Crippen molar-refractivity contribution in [1.82, 2.24) is 20.0 Å². The highest BCUT2D eigenvalue weighted by atomic mass is 16.5. The number of para-hydroxylation sites is 1. The average Bonchev–Trinajstić information content (AvgIpc) is 3.38. The molecule has 0 bridgehead atoms. The standard InChI is InChI=1S/C21H20N4O3/c1-14(18-13-16-5-3-4-6-17(16)27-18)25(2)20(26)8-7-19-23-21(24-28-19)15-9-11-22-12-10-15/h3-6,9-14H,7-8H2,1-2H3. The molecule has 0 N–H and O–H groups in total. The molecular formula is C21H20N4O3. The third kappa shape index (κ3) is 3.64. The second-order valence-electron chi connectivity index (χ2n) is 6.61. The maximum Gasteiger partial charge on any atom is 0.227 e. The molecule has 0 aliphatic rings. The summed E-state index contributed by atoms with van der Waals surface area (Å²) < 4.78 is 11.1. The van der Waals surface area contributed by atoms with E-state index in [2.05, 4.69) is 15.1 Å². The second kappa shape index (κ2) is 7.64. The van der Waals surface area contributed by atoms with Gasteiger partial charge in [-0.1, -0.05) is 23.4 Å². The van der Waals surface area contributed by atoms with E-state index >= 15 is 0 Å². The van der Waals surface area contributed by atoms with Crippen LogP contribution in [0.15, 0.2) is 63.8 Å². The van der Waals surface area contributed by atoms with Crippen molar-refractivity contribution in [3.05, 3.63) is 66.5 Å². The minimum absolute atomic E-state index is 0.0170. The van der Waals surface area contributed by atoms with Crippen molar-refractivity contribution in [2.45, 2.75) is 25.8 Å². The van der Waals surface area contributed by atoms with Crippen LogP contribution in [-0.4, -0.2) is 33.0 Å². The molecule has 3 heterocycles. The van der Waals surface area contributed by atoms with E-state index in [1.807, 2.05) is 49.4 Å². The van der Waals surface area contributed by atoms with Gasteiger partial charge in [0.25, 0.3) is 0 Å². The van der Waals surface area contributed by atoms with Gasteiger partial charge in [0, 0.05) is 43.2 Å². The number of benzene rings is 1. The highest BCUT2D eigenvalue weighted by Gasteiger charge is 2.21. The van der Waals surface area contributed by atoms with Crippen LogP contribution in [0.5, 0.6) is 0 Å². The molecule has 0 saturated heterocycles. The van der Waals surface area contributed by atoms with Gasteiger partial charge >= 0.3 is 0 Å². The normalized spacial score (nSPS) is 12.2. The molecule has 7 nitrogen and oxygen atoms in total. The van der Waals surface area contributed by atoms with E-state index in [0.29, 0.717) is 18.1 Å². The third-order valence-electron chi connectivity index (χ3n) is 4.79. The number of hydrogen-bond donors (Lipinski definition) is 0. The van der Waals surface area contributed by atoms with E-state index in [9.17, 15) is 4.79 Å². The largest absolute Gasteiger partial charge is 0.459 e. The molecule has 4 rings (SSSR count). The second-order valence-corrected chi connectivity index (χ2v) is 6.61. The van der Waals surface area contributed by atoms with Gasteiger partial charge in [0.05, 0.1) is 6.04 Å². The molecule has 7 heteroatoms. The number of hydrogen-bond acceptors (Lipinski definition) is 6. The van der Waals surface area contributed by atoms with Crippen LogP contribution in [0.4, 0.5) is 0 Å². The number of aryl methyl sites for hydroxylation is 1. The minimum Gasteiger partial charge on any atom is -0.459 e. The summed E-state index contributed by atoms with van der Waals surface area (Å²) in [4.78, 5) is 22.6. The first-order valence-corrected chi connectivity index (χ1v) is 9.09. The number of aromatic nitrogens is 3. The van der Waals surface area contributed by atoms with Crippen molar-refractivity contribution in [3.63, 3.8) is 0 Å². The molecule has 0 saturated carbocycles. The van der Waals surface area contributed by atoms with E-state index in [1.165, 1.54) is 0 Å². The van der Waals surface area contributed by atoms with Gasteiger partial charge in [-0.2, -0.15) is 4.98 Å². The van der Waals surface area contributed by atoms with E-state index in [4.69, 9.17) is 8.94 Å². The van der Waals surface area contributed by atoms with Gasteiger partial charge in [-0.25, -0.2) is 0 Å². The first-order chi connectivity index (χ1) is 13.6. The highest BCUT2D eigenvalue weighted by Crippen LogP contribution is 2.27. The fraction of sp³-hybridized carbons (Fsp3) is 0.238. The van der Waals surface area contributed by atoms with E-state index < -0.39 is 0 Å². The first-order valence-electron chi connectivity index (χ1n) is 9.09. The Morgan fingerprint density at radius 2 is 1.96 bits per heavy atom. The van der Waals surface area contributed by atoms with Crippen LogP contribution in [0.2, 0.25) is 0 Å². The lowest BCUT2D eigenvalue weighted by atomic mass is 10.2. The third-order valence-corrected chi connectivity index (χ3v) is 4.79. The molecule has 1 aromatic carbocycles. The molecule has 0 aliphatic carbocycles. The maximum absolute atomic E-state index is 12.6. The van der Waals surface area contributed by atoms with Gasteiger partial charge in [-0.15, -0.1) is 0 Å². The molecule has 4 aromatic rings. The molecule has 28 heavy (non-hydrogen) atoms. The summed E-state index contributed by atoms with van der Waals surface area (Å²) in [5.74, 6) is 1.67. The molecule has 142 valence electrons. The summed E-state index contributed by atoms with van der Waals surface area (Å²) in [5, 5.41) is 4.99. The number of rotatable bonds is 6. The number of nitrogens with zero attached hydrogens (tertiary/aromatic N) is 4. The lowest BCUT2D eigenvalue weighted by Crippen LogP contribution is -2.29. The predicted octanol–water partition coefficient (Wildman–Crippen LogP) is 4.03. The summed E-state index contributed by atoms with van der Waals surface area (Å²) in [6.45, 7) is 1.95. The zero-order valence-corrected chi connectivity index (χ0v) is 15.7. The van der Waals surface area contributed by atoms with Crippen LogP contribution < -0.4 is 0 Å². The molecular weight excluding hydrogens is 356 g/mol. The van der Waals surface area contributed by atoms with E-state index in [-0.39, 0.29) is 18.4 Å². The fourth-order valence-electron chi connectivity index (χ4n) is 2.98. The molecule has 1 unspecified atom stereocenters. The lowest BCUT2D eigenvalue weighted by molar-refractivity contribution is -0.132. The summed E-state index contributed by atoms with van der Waals surface area (Å²) in [7, 11) is 1.77. The van der Waals surface area contributed by atoms with Crippen LogP contribution in [0.25, 0.3) is 22.4 Å². The molecule has 0 aliphatic heterocycles. The van der Waals surface area contributed by atoms with Gasteiger partial charge in [0.15, 0.2) is 0 Å². The molecule has 0 radical (unpaired) electrons. The number of fused-ring (bicyclic) bond motifs is 1. The number of pyridine rings is 1. The Morgan fingerprint density at radius 1 is 1.18 bits per heavy atom. The van der Waals surface area contributed by atoms with Crippen LogP contribution in [0.1, 0.15) is 31.0 Å². The fourth-order valence-corrected chi connectivity index (χ4v) is 2.98. The van der Waals surface area contributed by atoms with Crippen molar-refractivity contribution >= 4 is 16.9 Å². The zero-order chi connectivity index (χ0) is 19.5. The SMILES string of the molecule is CC(c1cc2ccccc2o1)N(C)C(=O)CCc1nc(-c2ccncc2)no1. The molecule has 0 spiro atoms. The van der Waals surface area contributed by atoms with Gasteiger partial charge in [0.1, 0.15) is 11.3 Å². The Hall–Kier alpha value is -3.48. The van der Waals surface area contributed by atoms with Crippen LogP contribution >= 0.6 is 0 Å². The number of furan rings is 1. The Labute approximate surface area is 162 Å². The molecule has 0 fully saturated rings. The lowest BCUT2D eigenvalue weighted by Gasteiger charge is -2.23. The van der Waals surface area contributed by atoms with Crippen molar-refractivity contribution in [2.75, 3.05) is 7.05 Å². The summed E-state index contributed by atoms with van der Waals surface area (Å²) in [6.07, 6.45) is 4.00. The van der Waals surface area contributed by atoms with Gasteiger partial charge < -0.3 is 13.8 Å². The highest BCUT2D eigenvalue weighted by molar-refractivity contribution is 5.79. The number of carbonyl (C=O) groups is 1. The zero-order valence-electron chi connectivity index (χ0n) is 15.7. The minimum atomic E-state index is -0.171. The monoisotopic (exact) mass is 376 g/mol.